The molecule has 0 radical (unpaired) electrons. The topological polar surface area (TPSA) is 113 Å². The van der Waals surface area contributed by atoms with E-state index in [1.165, 1.54) is 0 Å². The summed E-state index contributed by atoms with van der Waals surface area (Å²) in [5, 5.41) is 17.3. The number of nitrogens with zero attached hydrogens (tertiary/aromatic N) is 1. The van der Waals surface area contributed by atoms with Crippen molar-refractivity contribution in [2.75, 3.05) is 5.73 Å². The number of hydrogen-bond donors (Lipinski definition) is 2. The summed E-state index contributed by atoms with van der Waals surface area (Å²) in [5.74, 6) is -0.988. The number of aliphatic carboxylic acids is 1. The summed E-state index contributed by atoms with van der Waals surface area (Å²) in [6, 6.07) is 1.77. The predicted octanol–water partition coefficient (Wildman–Crippen LogP) is -2.40. The van der Waals surface area contributed by atoms with Crippen molar-refractivity contribution in [1.82, 2.24) is 4.98 Å². The molecule has 0 spiro atoms. The van der Waals surface area contributed by atoms with Crippen LogP contribution in [0.1, 0.15) is 6.92 Å². The van der Waals surface area contributed by atoms with Crippen molar-refractivity contribution in [3.63, 3.8) is 0 Å². The van der Waals surface area contributed by atoms with E-state index in [1.807, 2.05) is 0 Å². The van der Waals surface area contributed by atoms with E-state index in [1.54, 1.807) is 18.5 Å². The van der Waals surface area contributed by atoms with Gasteiger partial charge in [-0.2, -0.15) is 0 Å². The number of aromatic nitrogens is 2. The molecule has 0 aliphatic rings. The Kier molecular flexibility index (Phi) is 5.13. The Morgan fingerprint density at radius 2 is 2.38 bits per heavy atom. The van der Waals surface area contributed by atoms with E-state index in [0.717, 1.165) is 6.92 Å². The highest BCUT2D eigenvalue weighted by atomic mass is 16.4. The molecule has 72 valence electrons. The SMILES string of the molecule is C[C@H](O)C(=O)[O-].Nc1nccc[nH+]1. The minimum atomic E-state index is -1.44. The lowest BCUT2D eigenvalue weighted by molar-refractivity contribution is -0.364. The van der Waals surface area contributed by atoms with Crippen LogP contribution in [0.5, 0.6) is 0 Å². The molecular weight excluding hydrogens is 174 g/mol. The van der Waals surface area contributed by atoms with E-state index in [-0.39, 0.29) is 0 Å². The van der Waals surface area contributed by atoms with Crippen LogP contribution in [0.3, 0.4) is 0 Å². The number of hydrogen-bond acceptors (Lipinski definition) is 5. The Balaban J connectivity index is 0.000000226. The number of nitrogen functional groups attached to an aromatic ring is 1. The molecule has 0 bridgehead atoms. The number of carboxylic acids is 1. The smallest absolute Gasteiger partial charge is 0.386 e. The van der Waals surface area contributed by atoms with Crippen LogP contribution in [0.2, 0.25) is 0 Å². The highest BCUT2D eigenvalue weighted by Gasteiger charge is 1.89. The van der Waals surface area contributed by atoms with Crippen LogP contribution in [0, 0.1) is 0 Å². The second-order valence-electron chi connectivity index (χ2n) is 2.16. The zero-order chi connectivity index (χ0) is 10.3. The van der Waals surface area contributed by atoms with Gasteiger partial charge >= 0.3 is 5.95 Å². The molecule has 0 aromatic carbocycles. The second-order valence-corrected chi connectivity index (χ2v) is 2.16. The molecule has 0 unspecified atom stereocenters. The number of anilines is 1. The average Bonchev–Trinajstić information content (AvgIpc) is 2.06. The number of aliphatic hydroxyl groups excluding tert-OH is 1. The molecule has 1 aromatic rings. The Morgan fingerprint density at radius 3 is 2.54 bits per heavy atom. The summed E-state index contributed by atoms with van der Waals surface area (Å²) in [6.07, 6.45) is 2.01. The average molecular weight is 185 g/mol. The molecule has 0 saturated carbocycles. The first-order valence-corrected chi connectivity index (χ1v) is 3.51. The third-order valence-electron chi connectivity index (χ3n) is 0.968. The number of carbonyl (C=O) groups excluding carboxylic acids is 1. The largest absolute Gasteiger partial charge is 0.547 e. The molecule has 0 saturated heterocycles. The fraction of sp³-hybridized carbons (Fsp3) is 0.286. The first kappa shape index (κ1) is 11.3. The van der Waals surface area contributed by atoms with E-state index in [9.17, 15) is 9.90 Å². The number of aliphatic hydroxyl groups is 1. The van der Waals surface area contributed by atoms with Gasteiger partial charge in [0.15, 0.2) is 0 Å². The van der Waals surface area contributed by atoms with Crippen molar-refractivity contribution in [3.8, 4) is 0 Å². The summed E-state index contributed by atoms with van der Waals surface area (Å²) < 4.78 is 0. The van der Waals surface area contributed by atoms with Gasteiger partial charge in [-0.05, 0) is 6.92 Å². The number of carbonyl (C=O) groups is 1. The van der Waals surface area contributed by atoms with Gasteiger partial charge in [0.2, 0.25) is 0 Å². The molecule has 0 fully saturated rings. The molecule has 6 nitrogen and oxygen atoms in total. The van der Waals surface area contributed by atoms with Crippen molar-refractivity contribution >= 4 is 11.9 Å². The third kappa shape index (κ3) is 6.70. The van der Waals surface area contributed by atoms with Crippen molar-refractivity contribution in [2.24, 2.45) is 0 Å². The molecular formula is C7H11N3O3. The van der Waals surface area contributed by atoms with Crippen LogP contribution >= 0.6 is 0 Å². The van der Waals surface area contributed by atoms with Crippen molar-refractivity contribution in [1.29, 1.82) is 0 Å². The number of rotatable bonds is 1. The lowest BCUT2D eigenvalue weighted by Gasteiger charge is -2.00. The summed E-state index contributed by atoms with van der Waals surface area (Å²) in [6.45, 7) is 1.13. The number of nitrogens with one attached hydrogen (secondary N) is 1. The monoisotopic (exact) mass is 185 g/mol. The Bertz CT molecular complexity index is 250. The molecule has 6 heteroatoms. The molecule has 0 amide bonds. The predicted molar refractivity (Wildman–Crippen MR) is 41.9 cm³/mol. The molecule has 1 heterocycles. The minimum absolute atomic E-state index is 0.447. The van der Waals surface area contributed by atoms with E-state index < -0.39 is 12.1 Å². The van der Waals surface area contributed by atoms with Crippen molar-refractivity contribution in [3.05, 3.63) is 18.5 Å². The van der Waals surface area contributed by atoms with Crippen molar-refractivity contribution < 1.29 is 20.0 Å². The number of nitrogens with two attached hydrogens (primary N) is 1. The lowest BCUT2D eigenvalue weighted by atomic mass is 10.4. The van der Waals surface area contributed by atoms with Gasteiger partial charge in [0.1, 0.15) is 6.20 Å². The van der Waals surface area contributed by atoms with Gasteiger partial charge in [0, 0.05) is 6.07 Å². The molecule has 13 heavy (non-hydrogen) atoms. The molecule has 1 aromatic heterocycles. The van der Waals surface area contributed by atoms with E-state index >= 15 is 0 Å². The highest BCUT2D eigenvalue weighted by molar-refractivity contribution is 5.68. The second kappa shape index (κ2) is 5.90. The number of carboxylic acid groups (broad SMARTS) is 1. The molecule has 1 rings (SSSR count). The summed E-state index contributed by atoms with van der Waals surface area (Å²) in [4.78, 5) is 15.7. The maximum atomic E-state index is 9.34. The van der Waals surface area contributed by atoms with Crippen LogP contribution in [0.25, 0.3) is 0 Å². The zero-order valence-electron chi connectivity index (χ0n) is 7.10. The lowest BCUT2D eigenvalue weighted by Crippen LogP contribution is -2.32. The quantitative estimate of drug-likeness (QED) is 0.506. The number of H-pyrrole nitrogens is 1. The zero-order valence-corrected chi connectivity index (χ0v) is 7.10. The maximum Gasteiger partial charge on any atom is 0.386 e. The summed E-state index contributed by atoms with van der Waals surface area (Å²) in [5.41, 5.74) is 5.19. The van der Waals surface area contributed by atoms with E-state index in [2.05, 4.69) is 9.97 Å². The van der Waals surface area contributed by atoms with Gasteiger partial charge < -0.3 is 15.0 Å². The number of aromatic amines is 1. The molecule has 0 aliphatic heterocycles. The van der Waals surface area contributed by atoms with Gasteiger partial charge in [-0.3, -0.25) is 5.73 Å². The van der Waals surface area contributed by atoms with Crippen LogP contribution in [-0.2, 0) is 4.79 Å². The first-order valence-electron chi connectivity index (χ1n) is 3.51. The van der Waals surface area contributed by atoms with Crippen LogP contribution in [0.4, 0.5) is 5.95 Å². The van der Waals surface area contributed by atoms with Gasteiger partial charge in [-0.15, -0.1) is 0 Å². The molecule has 4 N–H and O–H groups in total. The van der Waals surface area contributed by atoms with Gasteiger partial charge in [0.25, 0.3) is 0 Å². The van der Waals surface area contributed by atoms with E-state index in [4.69, 9.17) is 10.8 Å². The molecule has 1 atom stereocenters. The summed E-state index contributed by atoms with van der Waals surface area (Å²) in [7, 11) is 0. The summed E-state index contributed by atoms with van der Waals surface area (Å²) >= 11 is 0. The van der Waals surface area contributed by atoms with Crippen molar-refractivity contribution in [2.45, 2.75) is 13.0 Å². The van der Waals surface area contributed by atoms with Crippen LogP contribution < -0.4 is 15.8 Å². The highest BCUT2D eigenvalue weighted by Crippen LogP contribution is 1.74. The minimum Gasteiger partial charge on any atom is -0.547 e. The van der Waals surface area contributed by atoms with Crippen LogP contribution in [-0.4, -0.2) is 22.2 Å². The maximum absolute atomic E-state index is 9.34. The Morgan fingerprint density at radius 1 is 1.85 bits per heavy atom. The van der Waals surface area contributed by atoms with Gasteiger partial charge in [-0.25, -0.2) is 4.98 Å². The standard InChI is InChI=1S/C4H5N3.C3H6O3/c5-4-6-2-1-3-7-4;1-2(4)3(5)6/h1-3H,(H2,5,6,7);2,4H,1H3,(H,5,6)/t;2-/m.0/s1. The van der Waals surface area contributed by atoms with Gasteiger partial charge in [0.05, 0.1) is 18.3 Å². The fourth-order valence-electron chi connectivity index (χ4n) is 0.337. The van der Waals surface area contributed by atoms with Gasteiger partial charge in [-0.1, -0.05) is 4.98 Å². The fourth-order valence-corrected chi connectivity index (χ4v) is 0.337. The Hall–Kier alpha value is -1.69. The Labute approximate surface area is 75.1 Å². The molecule has 0 aliphatic carbocycles. The first-order chi connectivity index (χ1) is 6.04. The van der Waals surface area contributed by atoms with E-state index in [0.29, 0.717) is 5.95 Å². The third-order valence-corrected chi connectivity index (χ3v) is 0.968. The normalized spacial score (nSPS) is 10.9. The van der Waals surface area contributed by atoms with Crippen LogP contribution in [0.15, 0.2) is 18.5 Å².